The minimum Gasteiger partial charge on any atom is -0.476 e. The molecule has 0 aromatic carbocycles. The summed E-state index contributed by atoms with van der Waals surface area (Å²) >= 11 is 0. The molecular weight excluding hydrogens is 218 g/mol. The van der Waals surface area contributed by atoms with Gasteiger partial charge in [0, 0.05) is 19.6 Å². The number of rotatable bonds is 1. The molecule has 4 nitrogen and oxygen atoms in total. The molecule has 2 fully saturated rings. The van der Waals surface area contributed by atoms with Crippen molar-refractivity contribution in [1.29, 1.82) is 0 Å². The minimum absolute atomic E-state index is 0.0696. The van der Waals surface area contributed by atoms with Gasteiger partial charge in [0.25, 0.3) is 6.04 Å². The van der Waals surface area contributed by atoms with Crippen LogP contribution in [-0.2, 0) is 9.53 Å². The zero-order valence-corrected chi connectivity index (χ0v) is 10.1. The summed E-state index contributed by atoms with van der Waals surface area (Å²) in [4.78, 5) is 14.8. The van der Waals surface area contributed by atoms with Crippen molar-refractivity contribution in [1.82, 2.24) is 0 Å². The lowest BCUT2D eigenvalue weighted by Crippen LogP contribution is -2.81. The molecule has 0 aromatic rings. The fourth-order valence-corrected chi connectivity index (χ4v) is 4.05. The topological polar surface area (TPSA) is 60.5 Å². The van der Waals surface area contributed by atoms with Crippen molar-refractivity contribution in [2.75, 3.05) is 13.2 Å². The van der Waals surface area contributed by atoms with Crippen molar-refractivity contribution in [3.8, 4) is 0 Å². The van der Waals surface area contributed by atoms with Crippen LogP contribution in [0.1, 0.15) is 38.5 Å². The molecule has 0 amide bonds. The molecule has 1 spiro atoms. The molecule has 4 heteroatoms. The molecule has 1 aliphatic carbocycles. The molecule has 3 aliphatic rings. The molecule has 0 radical (unpaired) electrons. The molecule has 17 heavy (non-hydrogen) atoms. The maximum Gasteiger partial charge on any atom is 0.373 e. The van der Waals surface area contributed by atoms with Crippen LogP contribution >= 0.6 is 0 Å². The van der Waals surface area contributed by atoms with Crippen LogP contribution in [-0.4, -0.2) is 36.0 Å². The largest absolute Gasteiger partial charge is 0.476 e. The Bertz CT molecular complexity index is 358. The lowest BCUT2D eigenvalue weighted by Gasteiger charge is -2.39. The number of nitrogens with one attached hydrogen (secondary N) is 1. The van der Waals surface area contributed by atoms with Crippen molar-refractivity contribution in [3.05, 3.63) is 0 Å². The highest BCUT2D eigenvalue weighted by atomic mass is 16.5. The van der Waals surface area contributed by atoms with Crippen LogP contribution in [0.15, 0.2) is 0 Å². The number of carboxylic acids is 1. The first-order chi connectivity index (χ1) is 8.24. The third-order valence-corrected chi connectivity index (χ3v) is 4.88. The van der Waals surface area contributed by atoms with E-state index in [9.17, 15) is 9.90 Å². The Morgan fingerprint density at radius 2 is 2.12 bits per heavy atom. The predicted molar refractivity (Wildman–Crippen MR) is 61.8 cm³/mol. The van der Waals surface area contributed by atoms with E-state index in [1.54, 1.807) is 0 Å². The van der Waals surface area contributed by atoms with E-state index in [4.69, 9.17) is 4.74 Å². The molecular formula is C13H20NO3+. The van der Waals surface area contributed by atoms with E-state index < -0.39 is 5.97 Å². The van der Waals surface area contributed by atoms with Gasteiger partial charge in [0.15, 0.2) is 5.71 Å². The number of ether oxygens (including phenoxy) is 1. The molecule has 2 atom stereocenters. The van der Waals surface area contributed by atoms with Crippen molar-refractivity contribution in [2.45, 2.75) is 44.6 Å². The van der Waals surface area contributed by atoms with Crippen LogP contribution < -0.4 is 4.99 Å². The molecule has 2 unspecified atom stereocenters. The summed E-state index contributed by atoms with van der Waals surface area (Å²) in [5.74, 6) is -0.213. The Labute approximate surface area is 101 Å². The van der Waals surface area contributed by atoms with Crippen molar-refractivity contribution in [3.63, 3.8) is 0 Å². The Morgan fingerprint density at radius 3 is 2.82 bits per heavy atom. The van der Waals surface area contributed by atoms with E-state index in [1.165, 1.54) is 18.6 Å². The second kappa shape index (κ2) is 4.09. The van der Waals surface area contributed by atoms with Crippen molar-refractivity contribution in [2.24, 2.45) is 11.3 Å². The van der Waals surface area contributed by atoms with Gasteiger partial charge in [0.1, 0.15) is 0 Å². The number of carbonyl (C=O) groups is 1. The number of hydrogen-bond donors (Lipinski definition) is 2. The lowest BCUT2D eigenvalue weighted by molar-refractivity contribution is -0.499. The van der Waals surface area contributed by atoms with E-state index in [0.29, 0.717) is 5.92 Å². The number of fused-ring (bicyclic) bond motifs is 2. The quantitative estimate of drug-likeness (QED) is 0.674. The summed E-state index contributed by atoms with van der Waals surface area (Å²) in [6, 6.07) is -0.385. The van der Waals surface area contributed by atoms with E-state index >= 15 is 0 Å². The zero-order valence-electron chi connectivity index (χ0n) is 10.1. The Balaban J connectivity index is 1.95. The minimum atomic E-state index is -0.686. The summed E-state index contributed by atoms with van der Waals surface area (Å²) in [6.45, 7) is 1.44. The normalized spacial score (nSPS) is 35.4. The van der Waals surface area contributed by atoms with Gasteiger partial charge >= 0.3 is 5.97 Å². The van der Waals surface area contributed by atoms with E-state index in [0.717, 1.165) is 38.9 Å². The standard InChI is InChI=1S/C13H19NO3/c15-12(16)11-13(5-7-17-8-6-13)9-3-1-2-4-10(9)14-11/h9,11H,1-8H2,(H,15,16)/p+1. The zero-order chi connectivity index (χ0) is 11.9. The Hall–Kier alpha value is -0.900. The van der Waals surface area contributed by atoms with Gasteiger partial charge in [-0.15, -0.1) is 0 Å². The summed E-state index contributed by atoms with van der Waals surface area (Å²) in [5, 5.41) is 9.46. The van der Waals surface area contributed by atoms with Gasteiger partial charge in [0.05, 0.1) is 11.3 Å². The van der Waals surface area contributed by atoms with Gasteiger partial charge in [-0.25, -0.2) is 9.79 Å². The van der Waals surface area contributed by atoms with Crippen LogP contribution in [0.5, 0.6) is 0 Å². The van der Waals surface area contributed by atoms with Crippen LogP contribution in [0.3, 0.4) is 0 Å². The molecule has 0 bridgehead atoms. The molecule has 0 aromatic heterocycles. The first kappa shape index (κ1) is 11.2. The fourth-order valence-electron chi connectivity index (χ4n) is 4.05. The summed E-state index contributed by atoms with van der Waals surface area (Å²) in [6.07, 6.45) is 6.46. The van der Waals surface area contributed by atoms with Gasteiger partial charge in [0.2, 0.25) is 0 Å². The maximum atomic E-state index is 11.5. The van der Waals surface area contributed by atoms with Crippen LogP contribution in [0.25, 0.3) is 0 Å². The van der Waals surface area contributed by atoms with Gasteiger partial charge in [-0.3, -0.25) is 0 Å². The van der Waals surface area contributed by atoms with Crippen LogP contribution in [0.4, 0.5) is 0 Å². The van der Waals surface area contributed by atoms with Gasteiger partial charge in [-0.1, -0.05) is 6.42 Å². The third-order valence-electron chi connectivity index (χ3n) is 4.88. The highest BCUT2D eigenvalue weighted by Gasteiger charge is 2.60. The van der Waals surface area contributed by atoms with Gasteiger partial charge in [-0.05, 0) is 25.7 Å². The lowest BCUT2D eigenvalue weighted by atomic mass is 9.62. The van der Waals surface area contributed by atoms with E-state index in [2.05, 4.69) is 4.99 Å². The van der Waals surface area contributed by atoms with Crippen molar-refractivity contribution >= 4 is 11.7 Å². The molecule has 2 aliphatic heterocycles. The van der Waals surface area contributed by atoms with Crippen LogP contribution in [0, 0.1) is 11.3 Å². The van der Waals surface area contributed by atoms with E-state index in [1.807, 2.05) is 0 Å². The summed E-state index contributed by atoms with van der Waals surface area (Å²) in [5.41, 5.74) is 1.24. The third kappa shape index (κ3) is 1.61. The fraction of sp³-hybridized carbons (Fsp3) is 0.846. The Kier molecular flexibility index (Phi) is 2.69. The monoisotopic (exact) mass is 238 g/mol. The average Bonchev–Trinajstić information content (AvgIpc) is 2.66. The molecule has 1 saturated carbocycles. The molecule has 1 saturated heterocycles. The second-order valence-electron chi connectivity index (χ2n) is 5.58. The second-order valence-corrected chi connectivity index (χ2v) is 5.58. The maximum absolute atomic E-state index is 11.5. The molecule has 94 valence electrons. The van der Waals surface area contributed by atoms with Gasteiger partial charge < -0.3 is 9.84 Å². The highest BCUT2D eigenvalue weighted by Crippen LogP contribution is 2.47. The average molecular weight is 238 g/mol. The first-order valence-electron chi connectivity index (χ1n) is 6.67. The predicted octanol–water partition coefficient (Wildman–Crippen LogP) is -0.0382. The SMILES string of the molecule is O=C(O)C1[NH+]=C2CCCCC2C12CCOCC2. The number of carboxylic acid groups (broad SMARTS) is 1. The van der Waals surface area contributed by atoms with Crippen molar-refractivity contribution < 1.29 is 19.6 Å². The smallest absolute Gasteiger partial charge is 0.373 e. The molecule has 2 heterocycles. The van der Waals surface area contributed by atoms with Gasteiger partial charge in [-0.2, -0.15) is 0 Å². The highest BCUT2D eigenvalue weighted by molar-refractivity contribution is 5.88. The summed E-state index contributed by atoms with van der Waals surface area (Å²) < 4.78 is 5.43. The molecule has 3 rings (SSSR count). The number of hydrogen-bond acceptors (Lipinski definition) is 2. The summed E-state index contributed by atoms with van der Waals surface area (Å²) in [7, 11) is 0. The Morgan fingerprint density at radius 1 is 1.35 bits per heavy atom. The molecule has 2 N–H and O–H groups in total. The first-order valence-corrected chi connectivity index (χ1v) is 6.67. The number of aliphatic carboxylic acids is 1. The van der Waals surface area contributed by atoms with E-state index in [-0.39, 0.29) is 11.5 Å². The van der Waals surface area contributed by atoms with Crippen LogP contribution in [0.2, 0.25) is 0 Å².